The van der Waals surface area contributed by atoms with Crippen LogP contribution in [0.25, 0.3) is 0 Å². The molecule has 1 unspecified atom stereocenters. The zero-order valence-electron chi connectivity index (χ0n) is 10.2. The van der Waals surface area contributed by atoms with Gasteiger partial charge in [-0.25, -0.2) is 0 Å². The Balaban J connectivity index is 1.84. The van der Waals surface area contributed by atoms with Crippen LogP contribution in [0.5, 0.6) is 0 Å². The molecule has 0 aliphatic heterocycles. The zero-order valence-corrected chi connectivity index (χ0v) is 11.0. The van der Waals surface area contributed by atoms with Crippen molar-refractivity contribution in [2.75, 3.05) is 0 Å². The molecule has 3 saturated carbocycles. The van der Waals surface area contributed by atoms with E-state index in [1.165, 1.54) is 11.1 Å². The molecule has 18 heavy (non-hydrogen) atoms. The second kappa shape index (κ2) is 3.49. The van der Waals surface area contributed by atoms with Gasteiger partial charge >= 0.3 is 5.97 Å². The first-order chi connectivity index (χ1) is 8.39. The minimum Gasteiger partial charge on any atom is -0.480 e. The first kappa shape index (κ1) is 12.0. The average Bonchev–Trinajstić information content (AvgIpc) is 2.19. The zero-order chi connectivity index (χ0) is 13.1. The van der Waals surface area contributed by atoms with E-state index in [0.717, 1.165) is 24.3 Å². The molecule has 0 saturated heterocycles. The second-order valence-corrected chi connectivity index (χ2v) is 6.38. The Morgan fingerprint density at radius 1 is 1.44 bits per heavy atom. The number of aryl methyl sites for hydroxylation is 1. The highest BCUT2D eigenvalue weighted by Gasteiger charge is 2.71. The van der Waals surface area contributed by atoms with Crippen LogP contribution in [-0.4, -0.2) is 17.1 Å². The average molecular weight is 266 g/mol. The predicted octanol–water partition coefficient (Wildman–Crippen LogP) is 2.48. The maximum atomic E-state index is 11.0. The number of carboxylic acid groups (broad SMARTS) is 1. The summed E-state index contributed by atoms with van der Waals surface area (Å²) in [6.45, 7) is 2.05. The lowest BCUT2D eigenvalue weighted by atomic mass is 9.31. The van der Waals surface area contributed by atoms with Crippen LogP contribution in [0.15, 0.2) is 18.2 Å². The van der Waals surface area contributed by atoms with Gasteiger partial charge in [0.25, 0.3) is 0 Å². The molecule has 3 aliphatic carbocycles. The molecular weight excluding hydrogens is 250 g/mol. The Kier molecular flexibility index (Phi) is 2.32. The summed E-state index contributed by atoms with van der Waals surface area (Å²) in [5.74, 6) is -0.890. The van der Waals surface area contributed by atoms with Crippen molar-refractivity contribution in [1.29, 1.82) is 0 Å². The molecule has 0 aromatic heterocycles. The first-order valence-electron chi connectivity index (χ1n) is 6.14. The topological polar surface area (TPSA) is 63.3 Å². The number of carbonyl (C=O) groups is 1. The third-order valence-corrected chi connectivity index (χ3v) is 5.02. The molecular formula is C14H16ClNO2. The van der Waals surface area contributed by atoms with E-state index in [-0.39, 0.29) is 10.8 Å². The third kappa shape index (κ3) is 1.38. The Morgan fingerprint density at radius 3 is 2.61 bits per heavy atom. The predicted molar refractivity (Wildman–Crippen MR) is 69.8 cm³/mol. The number of benzene rings is 1. The molecule has 1 atom stereocenters. The van der Waals surface area contributed by atoms with Crippen molar-refractivity contribution in [2.24, 2.45) is 11.1 Å². The third-order valence-electron chi connectivity index (χ3n) is 4.69. The molecule has 3 fully saturated rings. The largest absolute Gasteiger partial charge is 0.480 e. The van der Waals surface area contributed by atoms with Crippen LogP contribution in [-0.2, 0) is 10.2 Å². The Bertz CT molecular complexity index is 521. The maximum absolute atomic E-state index is 11.0. The van der Waals surface area contributed by atoms with Crippen molar-refractivity contribution in [3.05, 3.63) is 34.3 Å². The van der Waals surface area contributed by atoms with Gasteiger partial charge in [0.15, 0.2) is 0 Å². The van der Waals surface area contributed by atoms with Crippen LogP contribution in [0.2, 0.25) is 5.02 Å². The summed E-state index contributed by atoms with van der Waals surface area (Å²) in [5.41, 5.74) is 8.04. The molecule has 96 valence electrons. The van der Waals surface area contributed by atoms with E-state index < -0.39 is 12.0 Å². The monoisotopic (exact) mass is 265 g/mol. The standard InChI is InChI=1S/C14H16ClNO2/c1-8-2-3-10(15)9(4-8)13-5-14(6-13,7-13)11(16)12(17)18/h2-4,11H,5-7,16H2,1H3,(H,17,18). The van der Waals surface area contributed by atoms with Crippen molar-refractivity contribution in [3.8, 4) is 0 Å². The van der Waals surface area contributed by atoms with E-state index in [1.807, 2.05) is 19.1 Å². The van der Waals surface area contributed by atoms with E-state index in [1.54, 1.807) is 0 Å². The lowest BCUT2D eigenvalue weighted by molar-refractivity contribution is -0.178. The Labute approximate surface area is 111 Å². The summed E-state index contributed by atoms with van der Waals surface area (Å²) < 4.78 is 0. The molecule has 1 aromatic carbocycles. The number of hydrogen-bond donors (Lipinski definition) is 2. The molecule has 0 spiro atoms. The van der Waals surface area contributed by atoms with Crippen molar-refractivity contribution in [3.63, 3.8) is 0 Å². The molecule has 3 nitrogen and oxygen atoms in total. The lowest BCUT2D eigenvalue weighted by Gasteiger charge is -2.72. The molecule has 0 amide bonds. The van der Waals surface area contributed by atoms with E-state index in [0.29, 0.717) is 0 Å². The van der Waals surface area contributed by atoms with Crippen LogP contribution >= 0.6 is 11.6 Å². The molecule has 1 aromatic rings. The van der Waals surface area contributed by atoms with Crippen LogP contribution < -0.4 is 5.73 Å². The van der Waals surface area contributed by atoms with Gasteiger partial charge in [-0.15, -0.1) is 0 Å². The molecule has 0 radical (unpaired) electrons. The van der Waals surface area contributed by atoms with E-state index in [2.05, 4.69) is 6.07 Å². The summed E-state index contributed by atoms with van der Waals surface area (Å²) in [5, 5.41) is 9.80. The fourth-order valence-corrected chi connectivity index (χ4v) is 4.11. The smallest absolute Gasteiger partial charge is 0.321 e. The Hall–Kier alpha value is -1.06. The lowest BCUT2D eigenvalue weighted by Crippen LogP contribution is -2.72. The summed E-state index contributed by atoms with van der Waals surface area (Å²) in [6.07, 6.45) is 2.57. The van der Waals surface area contributed by atoms with Crippen LogP contribution in [0.1, 0.15) is 30.4 Å². The highest BCUT2D eigenvalue weighted by molar-refractivity contribution is 6.31. The van der Waals surface area contributed by atoms with Gasteiger partial charge < -0.3 is 10.8 Å². The first-order valence-corrected chi connectivity index (χ1v) is 6.51. The van der Waals surface area contributed by atoms with Gasteiger partial charge in [-0.1, -0.05) is 29.3 Å². The van der Waals surface area contributed by atoms with Gasteiger partial charge in [0.1, 0.15) is 6.04 Å². The van der Waals surface area contributed by atoms with Crippen LogP contribution in [0.3, 0.4) is 0 Å². The van der Waals surface area contributed by atoms with E-state index in [4.69, 9.17) is 22.4 Å². The molecule has 0 heterocycles. The molecule has 4 rings (SSSR count). The van der Waals surface area contributed by atoms with Gasteiger partial charge in [-0.05, 0) is 48.6 Å². The number of carboxylic acids is 1. The van der Waals surface area contributed by atoms with Gasteiger partial charge in [0, 0.05) is 5.02 Å². The molecule has 3 N–H and O–H groups in total. The highest BCUT2D eigenvalue weighted by Crippen LogP contribution is 2.75. The molecule has 3 aliphatic rings. The maximum Gasteiger partial charge on any atom is 0.321 e. The van der Waals surface area contributed by atoms with Crippen LogP contribution in [0.4, 0.5) is 0 Å². The highest BCUT2D eigenvalue weighted by atomic mass is 35.5. The number of hydrogen-bond acceptors (Lipinski definition) is 2. The summed E-state index contributed by atoms with van der Waals surface area (Å²) in [4.78, 5) is 11.0. The van der Waals surface area contributed by atoms with Gasteiger partial charge in [-0.2, -0.15) is 0 Å². The van der Waals surface area contributed by atoms with Gasteiger partial charge in [0.2, 0.25) is 0 Å². The number of aliphatic carboxylic acids is 1. The van der Waals surface area contributed by atoms with Crippen molar-refractivity contribution in [1.82, 2.24) is 0 Å². The summed E-state index contributed by atoms with van der Waals surface area (Å²) in [6, 6.07) is 5.31. The Morgan fingerprint density at radius 2 is 2.06 bits per heavy atom. The fraction of sp³-hybridized carbons (Fsp3) is 0.500. The fourth-order valence-electron chi connectivity index (χ4n) is 3.79. The summed E-state index contributed by atoms with van der Waals surface area (Å²) in [7, 11) is 0. The number of rotatable bonds is 3. The van der Waals surface area contributed by atoms with Crippen molar-refractivity contribution in [2.45, 2.75) is 37.6 Å². The number of halogens is 1. The summed E-state index contributed by atoms with van der Waals surface area (Å²) >= 11 is 6.26. The van der Waals surface area contributed by atoms with Gasteiger partial charge in [0.05, 0.1) is 0 Å². The molecule has 4 heteroatoms. The van der Waals surface area contributed by atoms with E-state index >= 15 is 0 Å². The number of nitrogens with two attached hydrogens (primary N) is 1. The van der Waals surface area contributed by atoms with Crippen LogP contribution in [0, 0.1) is 12.3 Å². The quantitative estimate of drug-likeness (QED) is 0.883. The van der Waals surface area contributed by atoms with Crippen molar-refractivity contribution >= 4 is 17.6 Å². The van der Waals surface area contributed by atoms with E-state index in [9.17, 15) is 4.79 Å². The van der Waals surface area contributed by atoms with Crippen molar-refractivity contribution < 1.29 is 9.90 Å². The SMILES string of the molecule is Cc1ccc(Cl)c(C23CC(C(N)C(=O)O)(C2)C3)c1. The minimum absolute atomic E-state index is 0.0934. The minimum atomic E-state index is -0.890. The normalized spacial score (nSPS) is 34.4. The second-order valence-electron chi connectivity index (χ2n) is 5.97. The van der Waals surface area contributed by atoms with Gasteiger partial charge in [-0.3, -0.25) is 4.79 Å². The molecule has 2 bridgehead atoms.